The highest BCUT2D eigenvalue weighted by Gasteiger charge is 2.30. The summed E-state index contributed by atoms with van der Waals surface area (Å²) in [6.45, 7) is 2.68. The van der Waals surface area contributed by atoms with Crippen LogP contribution in [0.1, 0.15) is 39.3 Å². The minimum atomic E-state index is -3.77. The van der Waals surface area contributed by atoms with Gasteiger partial charge in [0.25, 0.3) is 5.91 Å². The number of nitrogens with zero attached hydrogens (tertiary/aromatic N) is 2. The third-order valence-electron chi connectivity index (χ3n) is 5.30. The lowest BCUT2D eigenvalue weighted by Crippen LogP contribution is -2.28. The van der Waals surface area contributed by atoms with Gasteiger partial charge in [0, 0.05) is 30.0 Å². The number of nitrogens with one attached hydrogen (secondary N) is 1. The van der Waals surface area contributed by atoms with Crippen LogP contribution < -0.4 is 5.32 Å². The summed E-state index contributed by atoms with van der Waals surface area (Å²) in [6.07, 6.45) is 1.97. The molecule has 1 aliphatic heterocycles. The Morgan fingerprint density at radius 1 is 1.22 bits per heavy atom. The van der Waals surface area contributed by atoms with Crippen LogP contribution in [0.5, 0.6) is 0 Å². The number of carbonyl (C=O) groups excluding carboxylic acids is 1. The molecule has 168 valence electrons. The maximum Gasteiger partial charge on any atom is 0.257 e. The summed E-state index contributed by atoms with van der Waals surface area (Å²) in [5.41, 5.74) is 1.41. The molecule has 1 fully saturated rings. The van der Waals surface area contributed by atoms with Gasteiger partial charge >= 0.3 is 0 Å². The van der Waals surface area contributed by atoms with Gasteiger partial charge in [-0.3, -0.25) is 10.1 Å². The summed E-state index contributed by atoms with van der Waals surface area (Å²) in [4.78, 5) is 17.9. The van der Waals surface area contributed by atoms with Crippen molar-refractivity contribution in [3.63, 3.8) is 0 Å². The second kappa shape index (κ2) is 9.27. The first-order valence-electron chi connectivity index (χ1n) is 10.1. The van der Waals surface area contributed by atoms with E-state index in [1.54, 1.807) is 25.1 Å². The molecule has 2 aromatic carbocycles. The number of thiazole rings is 1. The normalized spacial score (nSPS) is 14.6. The van der Waals surface area contributed by atoms with Crippen molar-refractivity contribution in [3.8, 4) is 0 Å². The molecule has 1 saturated heterocycles. The van der Waals surface area contributed by atoms with Gasteiger partial charge in [0.1, 0.15) is 10.7 Å². The summed E-state index contributed by atoms with van der Waals surface area (Å²) in [6, 6.07) is 10.7. The third-order valence-corrected chi connectivity index (χ3v) is 8.75. The summed E-state index contributed by atoms with van der Waals surface area (Å²) >= 11 is 7.42. The Bertz CT molecular complexity index is 1270. The summed E-state index contributed by atoms with van der Waals surface area (Å²) in [5.74, 6) is -0.787. The molecular weight excluding hydrogens is 473 g/mol. The molecule has 32 heavy (non-hydrogen) atoms. The van der Waals surface area contributed by atoms with E-state index in [4.69, 9.17) is 11.6 Å². The Labute approximate surface area is 195 Å². The molecule has 0 bridgehead atoms. The molecule has 0 spiro atoms. The fourth-order valence-electron chi connectivity index (χ4n) is 3.54. The molecule has 0 atom stereocenters. The van der Waals surface area contributed by atoms with Crippen LogP contribution in [0.2, 0.25) is 5.02 Å². The van der Waals surface area contributed by atoms with Gasteiger partial charge in [-0.2, -0.15) is 4.31 Å². The molecular formula is C22H21ClFN3O3S2. The molecule has 0 radical (unpaired) electrons. The first-order valence-corrected chi connectivity index (χ1v) is 12.7. The van der Waals surface area contributed by atoms with Crippen LogP contribution in [-0.4, -0.2) is 36.7 Å². The van der Waals surface area contributed by atoms with Gasteiger partial charge in [0.15, 0.2) is 5.13 Å². The molecule has 0 aliphatic carbocycles. The minimum Gasteiger partial charge on any atom is -0.298 e. The Hall–Kier alpha value is -2.33. The van der Waals surface area contributed by atoms with Gasteiger partial charge in [0.05, 0.1) is 10.7 Å². The number of benzene rings is 2. The lowest BCUT2D eigenvalue weighted by atomic mass is 10.1. The number of aromatic nitrogens is 1. The van der Waals surface area contributed by atoms with Crippen molar-refractivity contribution in [2.24, 2.45) is 0 Å². The number of amides is 1. The van der Waals surface area contributed by atoms with Crippen molar-refractivity contribution >= 4 is 44.0 Å². The lowest BCUT2D eigenvalue weighted by molar-refractivity contribution is 0.102. The fourth-order valence-corrected chi connectivity index (χ4v) is 6.54. The van der Waals surface area contributed by atoms with Crippen LogP contribution in [0.3, 0.4) is 0 Å². The Kier molecular flexibility index (Phi) is 6.62. The van der Waals surface area contributed by atoms with Crippen LogP contribution in [0.4, 0.5) is 9.52 Å². The largest absolute Gasteiger partial charge is 0.298 e. The summed E-state index contributed by atoms with van der Waals surface area (Å²) in [5, 5.41) is 3.14. The van der Waals surface area contributed by atoms with E-state index in [0.717, 1.165) is 17.7 Å². The van der Waals surface area contributed by atoms with Gasteiger partial charge in [0.2, 0.25) is 10.0 Å². The maximum absolute atomic E-state index is 14.0. The number of carbonyl (C=O) groups is 1. The maximum atomic E-state index is 14.0. The molecule has 10 heteroatoms. The van der Waals surface area contributed by atoms with Crippen LogP contribution in [0.25, 0.3) is 0 Å². The van der Waals surface area contributed by atoms with Crippen LogP contribution in [-0.2, 0) is 16.4 Å². The smallest absolute Gasteiger partial charge is 0.257 e. The highest BCUT2D eigenvalue weighted by molar-refractivity contribution is 7.89. The number of hydrogen-bond donors (Lipinski definition) is 1. The van der Waals surface area contributed by atoms with E-state index in [1.165, 1.54) is 39.9 Å². The van der Waals surface area contributed by atoms with Gasteiger partial charge in [-0.05, 0) is 49.6 Å². The summed E-state index contributed by atoms with van der Waals surface area (Å²) in [7, 11) is -3.77. The standard InChI is InChI=1S/C22H21ClFN3O3S2/c1-14-19(12-15-6-2-3-7-18(15)24)31-22(25-14)26-21(28)16-8-9-17(23)20(13-16)32(29,30)27-10-4-5-11-27/h2-3,6-9,13H,4-5,10-12H2,1H3,(H,25,26,28). The highest BCUT2D eigenvalue weighted by Crippen LogP contribution is 2.30. The number of anilines is 1. The predicted octanol–water partition coefficient (Wildman–Crippen LogP) is 4.87. The van der Waals surface area contributed by atoms with Crippen molar-refractivity contribution in [1.82, 2.24) is 9.29 Å². The van der Waals surface area contributed by atoms with E-state index in [0.29, 0.717) is 35.9 Å². The number of sulfonamides is 1. The van der Waals surface area contributed by atoms with Gasteiger partial charge in [-0.15, -0.1) is 11.3 Å². The van der Waals surface area contributed by atoms with Gasteiger partial charge < -0.3 is 0 Å². The molecule has 1 amide bonds. The topological polar surface area (TPSA) is 79.4 Å². The SMILES string of the molecule is Cc1nc(NC(=O)c2ccc(Cl)c(S(=O)(=O)N3CCCC3)c2)sc1Cc1ccccc1F. The summed E-state index contributed by atoms with van der Waals surface area (Å²) < 4.78 is 41.2. The molecule has 1 aliphatic rings. The van der Waals surface area contributed by atoms with Gasteiger partial charge in [-0.25, -0.2) is 17.8 Å². The first-order chi connectivity index (χ1) is 15.3. The molecule has 1 N–H and O–H groups in total. The first kappa shape index (κ1) is 22.8. The molecule has 0 saturated carbocycles. The third kappa shape index (κ3) is 4.71. The van der Waals surface area contributed by atoms with Crippen molar-refractivity contribution in [1.29, 1.82) is 0 Å². The molecule has 0 unspecified atom stereocenters. The van der Waals surface area contributed by atoms with E-state index in [1.807, 2.05) is 0 Å². The van der Waals surface area contributed by atoms with E-state index in [2.05, 4.69) is 10.3 Å². The average molecular weight is 494 g/mol. The van der Waals surface area contributed by atoms with Crippen molar-refractivity contribution < 1.29 is 17.6 Å². The lowest BCUT2D eigenvalue weighted by Gasteiger charge is -2.17. The zero-order valence-electron chi connectivity index (χ0n) is 17.3. The Balaban J connectivity index is 1.54. The van der Waals surface area contributed by atoms with Crippen molar-refractivity contribution in [2.45, 2.75) is 31.1 Å². The number of rotatable bonds is 6. The monoisotopic (exact) mass is 493 g/mol. The number of aryl methyl sites for hydroxylation is 1. The van der Waals surface area contributed by atoms with E-state index < -0.39 is 15.9 Å². The van der Waals surface area contributed by atoms with Crippen LogP contribution in [0, 0.1) is 12.7 Å². The molecule has 6 nitrogen and oxygen atoms in total. The fraction of sp³-hybridized carbons (Fsp3) is 0.273. The number of halogens is 2. The minimum absolute atomic E-state index is 0.0747. The average Bonchev–Trinajstić information content (AvgIpc) is 3.41. The Morgan fingerprint density at radius 3 is 2.66 bits per heavy atom. The number of hydrogen-bond acceptors (Lipinski definition) is 5. The zero-order valence-corrected chi connectivity index (χ0v) is 19.7. The van der Waals surface area contributed by atoms with Gasteiger partial charge in [-0.1, -0.05) is 29.8 Å². The second-order valence-electron chi connectivity index (χ2n) is 7.51. The second-order valence-corrected chi connectivity index (χ2v) is 10.9. The quantitative estimate of drug-likeness (QED) is 0.531. The zero-order chi connectivity index (χ0) is 22.9. The highest BCUT2D eigenvalue weighted by atomic mass is 35.5. The van der Waals surface area contributed by atoms with Crippen molar-refractivity contribution in [2.75, 3.05) is 18.4 Å². The van der Waals surface area contributed by atoms with Crippen LogP contribution in [0.15, 0.2) is 47.4 Å². The predicted molar refractivity (Wildman–Crippen MR) is 123 cm³/mol. The van der Waals surface area contributed by atoms with E-state index in [-0.39, 0.29) is 21.3 Å². The Morgan fingerprint density at radius 2 is 1.94 bits per heavy atom. The van der Waals surface area contributed by atoms with Crippen molar-refractivity contribution in [3.05, 3.63) is 75.0 Å². The van der Waals surface area contributed by atoms with E-state index >= 15 is 0 Å². The molecule has 3 aromatic rings. The molecule has 2 heterocycles. The molecule has 1 aromatic heterocycles. The van der Waals surface area contributed by atoms with E-state index in [9.17, 15) is 17.6 Å². The molecule has 4 rings (SSSR count). The van der Waals surface area contributed by atoms with Crippen LogP contribution >= 0.6 is 22.9 Å².